The van der Waals surface area contributed by atoms with E-state index in [-0.39, 0.29) is 5.91 Å². The van der Waals surface area contributed by atoms with Crippen molar-refractivity contribution in [2.45, 2.75) is 57.5 Å². The van der Waals surface area contributed by atoms with Crippen LogP contribution in [0.5, 0.6) is 0 Å². The smallest absolute Gasteiger partial charge is 0.217 e. The molecule has 0 unspecified atom stereocenters. The molecule has 3 aliphatic rings. The van der Waals surface area contributed by atoms with E-state index >= 15 is 0 Å². The summed E-state index contributed by atoms with van der Waals surface area (Å²) in [7, 11) is 0. The van der Waals surface area contributed by atoms with Crippen LogP contribution in [0.4, 0.5) is 0 Å². The zero-order valence-corrected chi connectivity index (χ0v) is 12.8. The van der Waals surface area contributed by atoms with Crippen molar-refractivity contribution in [1.82, 2.24) is 15.1 Å². The zero-order valence-electron chi connectivity index (χ0n) is 12.8. The van der Waals surface area contributed by atoms with Gasteiger partial charge in [0.1, 0.15) is 0 Å². The lowest BCUT2D eigenvalue weighted by Gasteiger charge is -2.42. The van der Waals surface area contributed by atoms with Crippen LogP contribution in [0.15, 0.2) is 0 Å². The van der Waals surface area contributed by atoms with Crippen LogP contribution in [0.1, 0.15) is 45.4 Å². The van der Waals surface area contributed by atoms with Crippen LogP contribution in [-0.2, 0) is 4.79 Å². The third-order valence-electron chi connectivity index (χ3n) is 5.24. The van der Waals surface area contributed by atoms with Gasteiger partial charge in [-0.15, -0.1) is 0 Å². The normalized spacial score (nSPS) is 33.0. The van der Waals surface area contributed by atoms with Gasteiger partial charge >= 0.3 is 0 Å². The predicted octanol–water partition coefficient (Wildman–Crippen LogP) is 1.46. The lowest BCUT2D eigenvalue weighted by molar-refractivity contribution is -0.119. The van der Waals surface area contributed by atoms with Gasteiger partial charge in [-0.1, -0.05) is 0 Å². The molecule has 0 aromatic carbocycles. The molecule has 0 aromatic rings. The fourth-order valence-electron chi connectivity index (χ4n) is 3.85. The summed E-state index contributed by atoms with van der Waals surface area (Å²) < 4.78 is 0. The van der Waals surface area contributed by atoms with Gasteiger partial charge in [0.05, 0.1) is 0 Å². The third kappa shape index (κ3) is 3.95. The molecule has 3 rings (SSSR count). The van der Waals surface area contributed by atoms with Crippen LogP contribution in [0.2, 0.25) is 0 Å². The molecule has 0 atom stereocenters. The largest absolute Gasteiger partial charge is 0.354 e. The van der Waals surface area contributed by atoms with E-state index in [4.69, 9.17) is 0 Å². The number of rotatable bonds is 4. The second-order valence-corrected chi connectivity index (χ2v) is 6.99. The molecule has 3 fully saturated rings. The maximum absolute atomic E-state index is 11.1. The van der Waals surface area contributed by atoms with E-state index in [1.165, 1.54) is 58.4 Å². The minimum Gasteiger partial charge on any atom is -0.354 e. The molecular formula is C16H29N3O. The Balaban J connectivity index is 1.37. The number of carbonyl (C=O) groups excluding carboxylic acids is 1. The van der Waals surface area contributed by atoms with Crippen LogP contribution in [0.25, 0.3) is 0 Å². The number of carbonyl (C=O) groups is 1. The lowest BCUT2D eigenvalue weighted by atomic mass is 9.89. The zero-order chi connectivity index (χ0) is 13.9. The molecule has 0 bridgehead atoms. The topological polar surface area (TPSA) is 35.6 Å². The molecule has 1 aliphatic heterocycles. The van der Waals surface area contributed by atoms with E-state index in [2.05, 4.69) is 15.1 Å². The van der Waals surface area contributed by atoms with Gasteiger partial charge in [0.15, 0.2) is 0 Å². The van der Waals surface area contributed by atoms with Crippen LogP contribution in [0.3, 0.4) is 0 Å². The third-order valence-corrected chi connectivity index (χ3v) is 5.24. The predicted molar refractivity (Wildman–Crippen MR) is 80.6 cm³/mol. The van der Waals surface area contributed by atoms with Gasteiger partial charge in [-0.2, -0.15) is 0 Å². The van der Waals surface area contributed by atoms with E-state index in [1.807, 2.05) is 0 Å². The van der Waals surface area contributed by atoms with Crippen molar-refractivity contribution in [2.24, 2.45) is 5.92 Å². The molecule has 2 aliphatic carbocycles. The summed E-state index contributed by atoms with van der Waals surface area (Å²) >= 11 is 0. The van der Waals surface area contributed by atoms with E-state index in [0.29, 0.717) is 6.04 Å². The Kier molecular flexibility index (Phi) is 4.61. The SMILES string of the molecule is CC(=O)N[C@H]1CC[C@H](N2CCN(CC3CC3)CC2)CC1. The number of amides is 1. The highest BCUT2D eigenvalue weighted by molar-refractivity contribution is 5.73. The van der Waals surface area contributed by atoms with E-state index in [9.17, 15) is 4.79 Å². The Morgan fingerprint density at radius 3 is 2.20 bits per heavy atom. The van der Waals surface area contributed by atoms with Gasteiger partial charge in [0, 0.05) is 51.7 Å². The van der Waals surface area contributed by atoms with Gasteiger partial charge in [-0.25, -0.2) is 0 Å². The summed E-state index contributed by atoms with van der Waals surface area (Å²) in [6, 6.07) is 1.20. The molecule has 20 heavy (non-hydrogen) atoms. The first-order valence-corrected chi connectivity index (χ1v) is 8.44. The highest BCUT2D eigenvalue weighted by atomic mass is 16.1. The van der Waals surface area contributed by atoms with E-state index in [1.54, 1.807) is 6.92 Å². The minimum atomic E-state index is 0.127. The van der Waals surface area contributed by atoms with Crippen LogP contribution < -0.4 is 5.32 Å². The Labute approximate surface area is 122 Å². The number of hydrogen-bond acceptors (Lipinski definition) is 3. The summed E-state index contributed by atoms with van der Waals surface area (Å²) in [6.45, 7) is 8.02. The van der Waals surface area contributed by atoms with Crippen LogP contribution in [0, 0.1) is 5.92 Å². The molecule has 1 N–H and O–H groups in total. The number of nitrogens with zero attached hydrogens (tertiary/aromatic N) is 2. The van der Waals surface area contributed by atoms with Gasteiger partial charge in [0.25, 0.3) is 0 Å². The fraction of sp³-hybridized carbons (Fsp3) is 0.938. The maximum Gasteiger partial charge on any atom is 0.217 e. The molecule has 0 aromatic heterocycles. The summed E-state index contributed by atoms with van der Waals surface area (Å²) in [5, 5.41) is 3.08. The second kappa shape index (κ2) is 6.44. The number of piperazine rings is 1. The van der Waals surface area contributed by atoms with Crippen molar-refractivity contribution in [2.75, 3.05) is 32.7 Å². The lowest BCUT2D eigenvalue weighted by Crippen LogP contribution is -2.52. The summed E-state index contributed by atoms with van der Waals surface area (Å²) in [5.74, 6) is 1.15. The quantitative estimate of drug-likeness (QED) is 0.846. The highest BCUT2D eigenvalue weighted by Crippen LogP contribution is 2.30. The molecule has 2 saturated carbocycles. The molecule has 4 heteroatoms. The highest BCUT2D eigenvalue weighted by Gasteiger charge is 2.30. The molecule has 114 valence electrons. The van der Waals surface area contributed by atoms with E-state index in [0.717, 1.165) is 24.8 Å². The first-order chi connectivity index (χ1) is 9.70. The summed E-state index contributed by atoms with van der Waals surface area (Å²) in [4.78, 5) is 16.5. The second-order valence-electron chi connectivity index (χ2n) is 6.99. The molecule has 1 saturated heterocycles. The molecule has 4 nitrogen and oxygen atoms in total. The average Bonchev–Trinajstić information content (AvgIpc) is 3.24. The van der Waals surface area contributed by atoms with Crippen molar-refractivity contribution < 1.29 is 4.79 Å². The van der Waals surface area contributed by atoms with Crippen molar-refractivity contribution in [3.8, 4) is 0 Å². The fourth-order valence-corrected chi connectivity index (χ4v) is 3.85. The van der Waals surface area contributed by atoms with Gasteiger partial charge < -0.3 is 10.2 Å². The van der Waals surface area contributed by atoms with E-state index < -0.39 is 0 Å². The first-order valence-electron chi connectivity index (χ1n) is 8.44. The van der Waals surface area contributed by atoms with Gasteiger partial charge in [0.2, 0.25) is 5.91 Å². The average molecular weight is 279 g/mol. The standard InChI is InChI=1S/C16H29N3O/c1-13(20)17-15-4-6-16(7-5-15)19-10-8-18(9-11-19)12-14-2-3-14/h14-16H,2-12H2,1H3,(H,17,20)/t15-,16-. The summed E-state index contributed by atoms with van der Waals surface area (Å²) in [6.07, 6.45) is 7.76. The van der Waals surface area contributed by atoms with Crippen LogP contribution >= 0.6 is 0 Å². The Hall–Kier alpha value is -0.610. The van der Waals surface area contributed by atoms with Gasteiger partial charge in [-0.05, 0) is 44.4 Å². The number of nitrogens with one attached hydrogen (secondary N) is 1. The Morgan fingerprint density at radius 2 is 1.65 bits per heavy atom. The maximum atomic E-state index is 11.1. The Morgan fingerprint density at radius 1 is 1.00 bits per heavy atom. The molecular weight excluding hydrogens is 250 g/mol. The van der Waals surface area contributed by atoms with Crippen molar-refractivity contribution in [3.63, 3.8) is 0 Å². The molecule has 1 heterocycles. The monoisotopic (exact) mass is 279 g/mol. The molecule has 0 spiro atoms. The molecule has 1 amide bonds. The van der Waals surface area contributed by atoms with Crippen molar-refractivity contribution >= 4 is 5.91 Å². The van der Waals surface area contributed by atoms with Gasteiger partial charge in [-0.3, -0.25) is 9.69 Å². The van der Waals surface area contributed by atoms with Crippen molar-refractivity contribution in [1.29, 1.82) is 0 Å². The number of hydrogen-bond donors (Lipinski definition) is 1. The van der Waals surface area contributed by atoms with Crippen molar-refractivity contribution in [3.05, 3.63) is 0 Å². The minimum absolute atomic E-state index is 0.127. The van der Waals surface area contributed by atoms with Crippen LogP contribution in [-0.4, -0.2) is 60.5 Å². The summed E-state index contributed by atoms with van der Waals surface area (Å²) in [5.41, 5.74) is 0. The molecule has 0 radical (unpaired) electrons. The first kappa shape index (κ1) is 14.3. The Bertz CT molecular complexity index is 327.